The predicted octanol–water partition coefficient (Wildman–Crippen LogP) is 3.67. The fourth-order valence-electron chi connectivity index (χ4n) is 1.99. The van der Waals surface area contributed by atoms with E-state index in [1.54, 1.807) is 10.9 Å². The zero-order valence-corrected chi connectivity index (χ0v) is 11.0. The van der Waals surface area contributed by atoms with Crippen LogP contribution in [-0.2, 0) is 5.88 Å². The molecule has 0 atom stereocenters. The molecular formula is C15H12ClN3. The van der Waals surface area contributed by atoms with Gasteiger partial charge in [-0.2, -0.15) is 0 Å². The summed E-state index contributed by atoms with van der Waals surface area (Å²) in [6.45, 7) is 0. The average Bonchev–Trinajstić information content (AvgIpc) is 2.97. The number of alkyl halides is 1. The van der Waals surface area contributed by atoms with Crippen molar-refractivity contribution in [2.75, 3.05) is 0 Å². The number of nitrogens with zero attached hydrogens (tertiary/aromatic N) is 3. The summed E-state index contributed by atoms with van der Waals surface area (Å²) in [5.41, 5.74) is 4.23. The third kappa shape index (κ3) is 2.37. The van der Waals surface area contributed by atoms with E-state index in [4.69, 9.17) is 11.6 Å². The Balaban J connectivity index is 1.96. The maximum absolute atomic E-state index is 5.85. The van der Waals surface area contributed by atoms with Crippen LogP contribution in [0.1, 0.15) is 5.69 Å². The van der Waals surface area contributed by atoms with Gasteiger partial charge in [-0.05, 0) is 23.3 Å². The van der Waals surface area contributed by atoms with Crippen LogP contribution in [0.2, 0.25) is 0 Å². The average molecular weight is 270 g/mol. The Morgan fingerprint density at radius 3 is 2.26 bits per heavy atom. The van der Waals surface area contributed by atoms with Gasteiger partial charge in [0.1, 0.15) is 0 Å². The lowest BCUT2D eigenvalue weighted by Crippen LogP contribution is -2.00. The number of aromatic nitrogens is 3. The van der Waals surface area contributed by atoms with Crippen LogP contribution in [0.3, 0.4) is 0 Å². The molecule has 1 aromatic heterocycles. The zero-order valence-electron chi connectivity index (χ0n) is 10.2. The summed E-state index contributed by atoms with van der Waals surface area (Å²) in [7, 11) is 0. The minimum absolute atomic E-state index is 0.396. The molecule has 3 nitrogen and oxygen atoms in total. The quantitative estimate of drug-likeness (QED) is 0.679. The molecule has 94 valence electrons. The summed E-state index contributed by atoms with van der Waals surface area (Å²) in [6.07, 6.45) is 1.68. The fraction of sp³-hybridized carbons (Fsp3) is 0.0667. The lowest BCUT2D eigenvalue weighted by Gasteiger charge is -2.06. The van der Waals surface area contributed by atoms with Crippen LogP contribution in [-0.4, -0.2) is 15.0 Å². The summed E-state index contributed by atoms with van der Waals surface area (Å²) in [4.78, 5) is 0. The van der Waals surface area contributed by atoms with Gasteiger partial charge in [-0.3, -0.25) is 0 Å². The summed E-state index contributed by atoms with van der Waals surface area (Å²) < 4.78 is 1.75. The van der Waals surface area contributed by atoms with E-state index in [1.165, 1.54) is 11.1 Å². The Morgan fingerprint density at radius 2 is 1.58 bits per heavy atom. The predicted molar refractivity (Wildman–Crippen MR) is 76.4 cm³/mol. The minimum Gasteiger partial charge on any atom is -0.216 e. The molecule has 3 rings (SSSR count). The van der Waals surface area contributed by atoms with Crippen molar-refractivity contribution in [1.82, 2.24) is 15.0 Å². The highest BCUT2D eigenvalue weighted by Gasteiger charge is 2.05. The summed E-state index contributed by atoms with van der Waals surface area (Å²) in [5.74, 6) is 0.396. The second-order valence-electron chi connectivity index (χ2n) is 4.18. The van der Waals surface area contributed by atoms with E-state index < -0.39 is 0 Å². The molecule has 0 saturated carbocycles. The standard InChI is InChI=1S/C15H12ClN3/c16-10-15-11-17-18-19(15)14-8-6-13(7-9-14)12-4-2-1-3-5-12/h1-9,11H,10H2. The minimum atomic E-state index is 0.396. The smallest absolute Gasteiger partial charge is 0.0793 e. The first-order chi connectivity index (χ1) is 9.38. The van der Waals surface area contributed by atoms with Crippen molar-refractivity contribution in [3.05, 3.63) is 66.5 Å². The second-order valence-corrected chi connectivity index (χ2v) is 4.45. The summed E-state index contributed by atoms with van der Waals surface area (Å²) >= 11 is 5.85. The van der Waals surface area contributed by atoms with Gasteiger partial charge in [0.05, 0.1) is 23.5 Å². The van der Waals surface area contributed by atoms with E-state index in [-0.39, 0.29) is 0 Å². The molecule has 4 heteroatoms. The van der Waals surface area contributed by atoms with Gasteiger partial charge in [-0.25, -0.2) is 4.68 Å². The number of rotatable bonds is 3. The molecule has 0 spiro atoms. The molecule has 0 aliphatic heterocycles. The van der Waals surface area contributed by atoms with Crippen molar-refractivity contribution < 1.29 is 0 Å². The van der Waals surface area contributed by atoms with Crippen molar-refractivity contribution >= 4 is 11.6 Å². The topological polar surface area (TPSA) is 30.7 Å². The molecule has 0 aliphatic rings. The van der Waals surface area contributed by atoms with Crippen LogP contribution in [0.15, 0.2) is 60.8 Å². The molecule has 0 fully saturated rings. The van der Waals surface area contributed by atoms with Crippen molar-refractivity contribution in [2.24, 2.45) is 0 Å². The first-order valence-electron chi connectivity index (χ1n) is 6.00. The number of hydrogen-bond donors (Lipinski definition) is 0. The van der Waals surface area contributed by atoms with E-state index in [9.17, 15) is 0 Å². The van der Waals surface area contributed by atoms with Gasteiger partial charge >= 0.3 is 0 Å². The molecule has 0 radical (unpaired) electrons. The van der Waals surface area contributed by atoms with Crippen LogP contribution in [0.25, 0.3) is 16.8 Å². The third-order valence-electron chi connectivity index (χ3n) is 2.98. The monoisotopic (exact) mass is 269 g/mol. The van der Waals surface area contributed by atoms with Crippen LogP contribution < -0.4 is 0 Å². The van der Waals surface area contributed by atoms with E-state index in [0.717, 1.165) is 11.4 Å². The zero-order chi connectivity index (χ0) is 13.1. The molecular weight excluding hydrogens is 258 g/mol. The maximum Gasteiger partial charge on any atom is 0.0793 e. The van der Waals surface area contributed by atoms with Crippen LogP contribution in [0, 0.1) is 0 Å². The third-order valence-corrected chi connectivity index (χ3v) is 3.25. The van der Waals surface area contributed by atoms with Gasteiger partial charge in [0.2, 0.25) is 0 Å². The van der Waals surface area contributed by atoms with Gasteiger partial charge in [-0.1, -0.05) is 47.7 Å². The Bertz CT molecular complexity index is 659. The van der Waals surface area contributed by atoms with Gasteiger partial charge in [0, 0.05) is 0 Å². The lowest BCUT2D eigenvalue weighted by molar-refractivity contribution is 0.781. The number of halogens is 1. The first kappa shape index (κ1) is 11.9. The Hall–Kier alpha value is -2.13. The maximum atomic E-state index is 5.85. The van der Waals surface area contributed by atoms with Crippen LogP contribution in [0.5, 0.6) is 0 Å². The van der Waals surface area contributed by atoms with Gasteiger partial charge in [0.25, 0.3) is 0 Å². The van der Waals surface area contributed by atoms with E-state index in [2.05, 4.69) is 34.6 Å². The molecule has 0 unspecified atom stereocenters. The molecule has 1 heterocycles. The Kier molecular flexibility index (Phi) is 3.29. The molecule has 0 N–H and O–H groups in total. The van der Waals surface area contributed by atoms with Gasteiger partial charge in [0.15, 0.2) is 0 Å². The second kappa shape index (κ2) is 5.24. The number of benzene rings is 2. The molecule has 0 saturated heterocycles. The van der Waals surface area contributed by atoms with Gasteiger partial charge < -0.3 is 0 Å². The van der Waals surface area contributed by atoms with E-state index in [1.807, 2.05) is 30.3 Å². The number of hydrogen-bond acceptors (Lipinski definition) is 2. The normalized spacial score (nSPS) is 10.6. The molecule has 2 aromatic carbocycles. The van der Waals surface area contributed by atoms with Crippen molar-refractivity contribution in [2.45, 2.75) is 5.88 Å². The van der Waals surface area contributed by atoms with Crippen LogP contribution >= 0.6 is 11.6 Å². The summed E-state index contributed by atoms with van der Waals surface area (Å²) in [6, 6.07) is 18.5. The SMILES string of the molecule is ClCc1cnnn1-c1ccc(-c2ccccc2)cc1. The fourth-order valence-corrected chi connectivity index (χ4v) is 2.17. The highest BCUT2D eigenvalue weighted by Crippen LogP contribution is 2.21. The molecule has 3 aromatic rings. The first-order valence-corrected chi connectivity index (χ1v) is 6.53. The molecule has 0 bridgehead atoms. The van der Waals surface area contributed by atoms with Crippen molar-refractivity contribution in [3.8, 4) is 16.8 Å². The Labute approximate surface area is 116 Å². The molecule has 0 amide bonds. The Morgan fingerprint density at radius 1 is 0.895 bits per heavy atom. The van der Waals surface area contributed by atoms with Crippen molar-refractivity contribution in [1.29, 1.82) is 0 Å². The highest BCUT2D eigenvalue weighted by atomic mass is 35.5. The lowest BCUT2D eigenvalue weighted by atomic mass is 10.1. The summed E-state index contributed by atoms with van der Waals surface area (Å²) in [5, 5.41) is 7.92. The molecule has 0 aliphatic carbocycles. The highest BCUT2D eigenvalue weighted by molar-refractivity contribution is 6.16. The van der Waals surface area contributed by atoms with Gasteiger partial charge in [-0.15, -0.1) is 16.7 Å². The van der Waals surface area contributed by atoms with E-state index in [0.29, 0.717) is 5.88 Å². The van der Waals surface area contributed by atoms with E-state index >= 15 is 0 Å². The molecule has 19 heavy (non-hydrogen) atoms. The van der Waals surface area contributed by atoms with Crippen molar-refractivity contribution in [3.63, 3.8) is 0 Å². The van der Waals surface area contributed by atoms with Crippen LogP contribution in [0.4, 0.5) is 0 Å². The largest absolute Gasteiger partial charge is 0.216 e.